The van der Waals surface area contributed by atoms with E-state index in [4.69, 9.17) is 4.74 Å². The molecule has 0 aliphatic carbocycles. The average molecular weight is 354 g/mol. The van der Waals surface area contributed by atoms with Gasteiger partial charge in [0.15, 0.2) is 0 Å². The highest BCUT2D eigenvalue weighted by Gasteiger charge is 2.26. The van der Waals surface area contributed by atoms with E-state index in [9.17, 15) is 13.2 Å². The lowest BCUT2D eigenvalue weighted by Gasteiger charge is -2.21. The lowest BCUT2D eigenvalue weighted by molar-refractivity contribution is 0.0980. The molecular formula is C17H26N2O4S. The van der Waals surface area contributed by atoms with Gasteiger partial charge in [0.1, 0.15) is 6.61 Å². The van der Waals surface area contributed by atoms with E-state index in [0.717, 1.165) is 12.0 Å². The first kappa shape index (κ1) is 18.7. The molecule has 0 N–H and O–H groups in total. The average Bonchev–Trinajstić information content (AvgIpc) is 2.85. The predicted octanol–water partition coefficient (Wildman–Crippen LogP) is 2.46. The van der Waals surface area contributed by atoms with Gasteiger partial charge >= 0.3 is 6.09 Å². The number of hydrogen-bond donors (Lipinski definition) is 0. The van der Waals surface area contributed by atoms with Crippen LogP contribution < -0.4 is 0 Å². The minimum atomic E-state index is -3.22. The summed E-state index contributed by atoms with van der Waals surface area (Å²) in [7, 11) is -3.22. The molecule has 1 aliphatic heterocycles. The zero-order chi connectivity index (χ0) is 17.4. The Hall–Kier alpha value is -1.60. The largest absolute Gasteiger partial charge is 0.445 e. The molecule has 0 aromatic heterocycles. The fourth-order valence-electron chi connectivity index (χ4n) is 2.62. The van der Waals surface area contributed by atoms with Crippen LogP contribution in [0, 0.1) is 0 Å². The molecule has 0 spiro atoms. The van der Waals surface area contributed by atoms with Crippen LogP contribution in [-0.2, 0) is 21.4 Å². The van der Waals surface area contributed by atoms with Crippen molar-refractivity contribution in [3.05, 3.63) is 35.9 Å². The Morgan fingerprint density at radius 1 is 1.12 bits per heavy atom. The van der Waals surface area contributed by atoms with Gasteiger partial charge < -0.3 is 9.64 Å². The van der Waals surface area contributed by atoms with Crippen LogP contribution in [0.3, 0.4) is 0 Å². The molecule has 0 saturated carbocycles. The Kier molecular flexibility index (Phi) is 7.05. The molecule has 1 fully saturated rings. The molecule has 134 valence electrons. The summed E-state index contributed by atoms with van der Waals surface area (Å²) in [5, 5.41) is 0. The van der Waals surface area contributed by atoms with Crippen molar-refractivity contribution in [2.24, 2.45) is 0 Å². The van der Waals surface area contributed by atoms with Crippen molar-refractivity contribution in [3.63, 3.8) is 0 Å². The Morgan fingerprint density at radius 3 is 2.58 bits per heavy atom. The van der Waals surface area contributed by atoms with Crippen LogP contribution in [0.15, 0.2) is 30.3 Å². The molecule has 1 heterocycles. The van der Waals surface area contributed by atoms with Crippen molar-refractivity contribution in [3.8, 4) is 0 Å². The molecule has 1 saturated heterocycles. The molecule has 1 aliphatic rings. The third-order valence-corrected chi connectivity index (χ3v) is 6.02. The summed E-state index contributed by atoms with van der Waals surface area (Å²) in [6.07, 6.45) is 1.77. The van der Waals surface area contributed by atoms with Gasteiger partial charge in [0, 0.05) is 26.2 Å². The van der Waals surface area contributed by atoms with Gasteiger partial charge in [0.05, 0.1) is 5.75 Å². The highest BCUT2D eigenvalue weighted by atomic mass is 32.2. The standard InChI is InChI=1S/C17H26N2O4S/c1-2-3-14-24(21,22)19-11-7-10-18(12-13-19)17(20)23-15-16-8-5-4-6-9-16/h4-6,8-9H,2-3,7,10-15H2,1H3. The second-order valence-electron chi connectivity index (χ2n) is 5.95. The van der Waals surface area contributed by atoms with E-state index in [0.29, 0.717) is 39.0 Å². The van der Waals surface area contributed by atoms with Crippen molar-refractivity contribution in [1.29, 1.82) is 0 Å². The molecule has 0 radical (unpaired) electrons. The van der Waals surface area contributed by atoms with E-state index >= 15 is 0 Å². The third-order valence-electron chi connectivity index (χ3n) is 4.07. The number of hydrogen-bond acceptors (Lipinski definition) is 4. The maximum absolute atomic E-state index is 12.3. The van der Waals surface area contributed by atoms with Crippen LogP contribution in [0.25, 0.3) is 0 Å². The van der Waals surface area contributed by atoms with Crippen LogP contribution >= 0.6 is 0 Å². The summed E-state index contributed by atoms with van der Waals surface area (Å²) in [5.41, 5.74) is 0.935. The summed E-state index contributed by atoms with van der Waals surface area (Å²) in [5.74, 6) is 0.182. The molecule has 1 aromatic rings. The highest BCUT2D eigenvalue weighted by Crippen LogP contribution is 2.12. The van der Waals surface area contributed by atoms with E-state index in [1.165, 1.54) is 4.31 Å². The molecule has 2 rings (SSSR count). The van der Waals surface area contributed by atoms with Gasteiger partial charge in [0.25, 0.3) is 0 Å². The number of nitrogens with zero attached hydrogens (tertiary/aromatic N) is 2. The molecular weight excluding hydrogens is 328 g/mol. The summed E-state index contributed by atoms with van der Waals surface area (Å²) in [4.78, 5) is 13.8. The maximum atomic E-state index is 12.3. The smallest absolute Gasteiger partial charge is 0.410 e. The number of unbranched alkanes of at least 4 members (excludes halogenated alkanes) is 1. The van der Waals surface area contributed by atoms with Gasteiger partial charge in [0.2, 0.25) is 10.0 Å². The van der Waals surface area contributed by atoms with Gasteiger partial charge in [-0.3, -0.25) is 0 Å². The Morgan fingerprint density at radius 2 is 1.88 bits per heavy atom. The minimum Gasteiger partial charge on any atom is -0.445 e. The maximum Gasteiger partial charge on any atom is 0.410 e. The van der Waals surface area contributed by atoms with Crippen LogP contribution in [-0.4, -0.2) is 55.6 Å². The fraction of sp³-hybridized carbons (Fsp3) is 0.588. The number of amides is 1. The lowest BCUT2D eigenvalue weighted by atomic mass is 10.2. The SMILES string of the molecule is CCCCS(=O)(=O)N1CCCN(C(=O)OCc2ccccc2)CC1. The molecule has 6 nitrogen and oxygen atoms in total. The van der Waals surface area contributed by atoms with Crippen molar-refractivity contribution in [2.45, 2.75) is 32.8 Å². The zero-order valence-corrected chi connectivity index (χ0v) is 15.0. The summed E-state index contributed by atoms with van der Waals surface area (Å²) >= 11 is 0. The number of ether oxygens (including phenoxy) is 1. The third kappa shape index (κ3) is 5.49. The highest BCUT2D eigenvalue weighted by molar-refractivity contribution is 7.89. The van der Waals surface area contributed by atoms with Crippen LogP contribution in [0.1, 0.15) is 31.7 Å². The van der Waals surface area contributed by atoms with Crippen molar-refractivity contribution >= 4 is 16.1 Å². The van der Waals surface area contributed by atoms with Crippen LogP contribution in [0.2, 0.25) is 0 Å². The first-order valence-corrected chi connectivity index (χ1v) is 10.1. The minimum absolute atomic E-state index is 0.182. The Bertz CT molecular complexity index is 619. The van der Waals surface area contributed by atoms with Gasteiger partial charge in [-0.1, -0.05) is 43.7 Å². The second-order valence-corrected chi connectivity index (χ2v) is 8.04. The van der Waals surface area contributed by atoms with E-state index in [1.54, 1.807) is 4.90 Å². The van der Waals surface area contributed by atoms with Crippen LogP contribution in [0.4, 0.5) is 4.79 Å². The van der Waals surface area contributed by atoms with E-state index < -0.39 is 10.0 Å². The van der Waals surface area contributed by atoms with Gasteiger partial charge in [-0.25, -0.2) is 17.5 Å². The van der Waals surface area contributed by atoms with Gasteiger partial charge in [-0.15, -0.1) is 0 Å². The van der Waals surface area contributed by atoms with E-state index in [2.05, 4.69) is 0 Å². The van der Waals surface area contributed by atoms with E-state index in [-0.39, 0.29) is 18.5 Å². The Labute approximate surface area is 144 Å². The molecule has 0 atom stereocenters. The summed E-state index contributed by atoms with van der Waals surface area (Å²) < 4.78 is 31.4. The normalized spacial score (nSPS) is 16.6. The zero-order valence-electron chi connectivity index (χ0n) is 14.2. The number of rotatable bonds is 6. The number of sulfonamides is 1. The number of carbonyl (C=O) groups excluding carboxylic acids is 1. The molecule has 7 heteroatoms. The predicted molar refractivity (Wildman–Crippen MR) is 93.1 cm³/mol. The Balaban J connectivity index is 1.85. The summed E-state index contributed by atoms with van der Waals surface area (Å²) in [6.45, 7) is 3.91. The first-order chi connectivity index (χ1) is 11.5. The van der Waals surface area contributed by atoms with Crippen molar-refractivity contribution < 1.29 is 17.9 Å². The first-order valence-electron chi connectivity index (χ1n) is 8.46. The summed E-state index contributed by atoms with van der Waals surface area (Å²) in [6, 6.07) is 9.51. The molecule has 1 amide bonds. The molecule has 1 aromatic carbocycles. The molecule has 24 heavy (non-hydrogen) atoms. The quantitative estimate of drug-likeness (QED) is 0.787. The molecule has 0 unspecified atom stereocenters. The van der Waals surface area contributed by atoms with Gasteiger partial charge in [-0.2, -0.15) is 0 Å². The van der Waals surface area contributed by atoms with Crippen molar-refractivity contribution in [1.82, 2.24) is 9.21 Å². The topological polar surface area (TPSA) is 66.9 Å². The molecule has 0 bridgehead atoms. The second kappa shape index (κ2) is 9.03. The number of benzene rings is 1. The van der Waals surface area contributed by atoms with E-state index in [1.807, 2.05) is 37.3 Å². The monoisotopic (exact) mass is 354 g/mol. The number of carbonyl (C=O) groups is 1. The van der Waals surface area contributed by atoms with Crippen LogP contribution in [0.5, 0.6) is 0 Å². The van der Waals surface area contributed by atoms with Crippen molar-refractivity contribution in [2.75, 3.05) is 31.9 Å². The lowest BCUT2D eigenvalue weighted by Crippen LogP contribution is -2.38. The van der Waals surface area contributed by atoms with Gasteiger partial charge in [-0.05, 0) is 18.4 Å². The fourth-order valence-corrected chi connectivity index (χ4v) is 4.30.